The van der Waals surface area contributed by atoms with Crippen molar-refractivity contribution in [3.8, 4) is 0 Å². The van der Waals surface area contributed by atoms with Crippen molar-refractivity contribution >= 4 is 29.7 Å². The van der Waals surface area contributed by atoms with E-state index >= 15 is 0 Å². The molecule has 1 aliphatic heterocycles. The van der Waals surface area contributed by atoms with Gasteiger partial charge >= 0.3 is 11.9 Å². The van der Waals surface area contributed by atoms with Gasteiger partial charge < -0.3 is 36.5 Å². The number of nitrogens with zero attached hydrogens (tertiary/aromatic N) is 2. The minimum absolute atomic E-state index is 0.0211. The normalized spacial score (nSPS) is 18.1. The molecule has 4 unspecified atom stereocenters. The number of aliphatic carboxylic acids is 2. The number of nitrogens with one attached hydrogen (secondary N) is 3. The van der Waals surface area contributed by atoms with Crippen LogP contribution in [-0.4, -0.2) is 85.5 Å². The molecule has 1 fully saturated rings. The summed E-state index contributed by atoms with van der Waals surface area (Å²) < 4.78 is 0. The molecular formula is C22H34N6O7. The molecule has 0 bridgehead atoms. The number of aromatic nitrogens is 2. The molecule has 0 aliphatic carbocycles. The van der Waals surface area contributed by atoms with Gasteiger partial charge in [-0.15, -0.1) is 0 Å². The number of aromatic amines is 1. The molecule has 1 aliphatic rings. The van der Waals surface area contributed by atoms with Crippen molar-refractivity contribution in [2.75, 3.05) is 6.54 Å². The fourth-order valence-corrected chi connectivity index (χ4v) is 4.01. The van der Waals surface area contributed by atoms with Gasteiger partial charge in [0.1, 0.15) is 18.1 Å². The zero-order valence-corrected chi connectivity index (χ0v) is 19.9. The topological polar surface area (TPSA) is 208 Å². The standard InChI is InChI=1S/C22H34N6O7/c1-12(2)8-14(23)19(31)26-15(5-6-18(29)30)21(33)28-7-3-4-17(28)20(32)27-16(22(34)35)9-13-10-24-11-25-13/h10-12,14-17H,3-9,23H2,1-2H3,(H,24,25)(H,26,31)(H,27,32)(H,29,30)(H,34,35). The second kappa shape index (κ2) is 12.8. The molecule has 3 amide bonds. The van der Waals surface area contributed by atoms with E-state index in [0.29, 0.717) is 25.0 Å². The summed E-state index contributed by atoms with van der Waals surface area (Å²) in [6.07, 6.45) is 3.47. The minimum atomic E-state index is -1.24. The average Bonchev–Trinajstić information content (AvgIpc) is 3.46. The smallest absolute Gasteiger partial charge is 0.326 e. The molecule has 194 valence electrons. The Balaban J connectivity index is 2.12. The van der Waals surface area contributed by atoms with Crippen molar-refractivity contribution in [1.29, 1.82) is 0 Å². The van der Waals surface area contributed by atoms with Gasteiger partial charge in [-0.05, 0) is 31.6 Å². The number of H-pyrrole nitrogens is 1. The number of hydrogen-bond donors (Lipinski definition) is 6. The Labute approximate surface area is 202 Å². The predicted molar refractivity (Wildman–Crippen MR) is 123 cm³/mol. The highest BCUT2D eigenvalue weighted by Gasteiger charge is 2.39. The van der Waals surface area contributed by atoms with Crippen LogP contribution in [0.3, 0.4) is 0 Å². The second-order valence-electron chi connectivity index (χ2n) is 9.10. The highest BCUT2D eigenvalue weighted by Crippen LogP contribution is 2.20. The van der Waals surface area contributed by atoms with Gasteiger partial charge in [-0.25, -0.2) is 9.78 Å². The van der Waals surface area contributed by atoms with Crippen LogP contribution < -0.4 is 16.4 Å². The van der Waals surface area contributed by atoms with E-state index in [1.165, 1.54) is 17.4 Å². The number of hydrogen-bond acceptors (Lipinski definition) is 7. The molecule has 2 rings (SSSR count). The Morgan fingerprint density at radius 1 is 1.20 bits per heavy atom. The third-order valence-electron chi connectivity index (χ3n) is 5.76. The maximum absolute atomic E-state index is 13.3. The van der Waals surface area contributed by atoms with Gasteiger partial charge in [0, 0.05) is 31.3 Å². The lowest BCUT2D eigenvalue weighted by molar-refractivity contribution is -0.145. The predicted octanol–water partition coefficient (Wildman–Crippen LogP) is -0.764. The van der Waals surface area contributed by atoms with Crippen molar-refractivity contribution in [1.82, 2.24) is 25.5 Å². The second-order valence-corrected chi connectivity index (χ2v) is 9.10. The largest absolute Gasteiger partial charge is 0.481 e. The molecule has 13 nitrogen and oxygen atoms in total. The zero-order valence-electron chi connectivity index (χ0n) is 19.9. The number of carboxylic acids is 2. The highest BCUT2D eigenvalue weighted by molar-refractivity contribution is 5.94. The molecule has 1 saturated heterocycles. The first kappa shape index (κ1) is 27.8. The lowest BCUT2D eigenvalue weighted by atomic mass is 10.0. The molecule has 0 aromatic carbocycles. The lowest BCUT2D eigenvalue weighted by Gasteiger charge is -2.30. The molecule has 0 radical (unpaired) electrons. The van der Waals surface area contributed by atoms with Crippen LogP contribution in [0.15, 0.2) is 12.5 Å². The molecule has 35 heavy (non-hydrogen) atoms. The van der Waals surface area contributed by atoms with Gasteiger partial charge in [0.05, 0.1) is 12.4 Å². The molecule has 2 heterocycles. The van der Waals surface area contributed by atoms with Crippen molar-refractivity contribution in [2.24, 2.45) is 11.7 Å². The molecule has 13 heteroatoms. The van der Waals surface area contributed by atoms with Crippen LogP contribution in [0.5, 0.6) is 0 Å². The Bertz CT molecular complexity index is 904. The van der Waals surface area contributed by atoms with Crippen molar-refractivity contribution in [2.45, 2.75) is 76.5 Å². The maximum Gasteiger partial charge on any atom is 0.326 e. The van der Waals surface area contributed by atoms with Crippen LogP contribution in [0.25, 0.3) is 0 Å². The van der Waals surface area contributed by atoms with Gasteiger partial charge in [-0.2, -0.15) is 0 Å². The summed E-state index contributed by atoms with van der Waals surface area (Å²) in [5.74, 6) is -4.05. The van der Waals surface area contributed by atoms with Gasteiger partial charge in [0.15, 0.2) is 0 Å². The Morgan fingerprint density at radius 3 is 2.49 bits per heavy atom. The average molecular weight is 495 g/mol. The summed E-state index contributed by atoms with van der Waals surface area (Å²) in [5.41, 5.74) is 6.43. The molecule has 0 saturated carbocycles. The van der Waals surface area contributed by atoms with Gasteiger partial charge in [0.25, 0.3) is 0 Å². The van der Waals surface area contributed by atoms with E-state index in [0.717, 1.165) is 0 Å². The molecule has 1 aromatic rings. The minimum Gasteiger partial charge on any atom is -0.481 e. The van der Waals surface area contributed by atoms with Crippen LogP contribution >= 0.6 is 0 Å². The molecule has 0 spiro atoms. The SMILES string of the molecule is CC(C)CC(N)C(=O)NC(CCC(=O)O)C(=O)N1CCCC1C(=O)NC(Cc1cnc[nH]1)C(=O)O. The number of nitrogens with two attached hydrogens (primary N) is 1. The number of carbonyl (C=O) groups excluding carboxylic acids is 3. The fourth-order valence-electron chi connectivity index (χ4n) is 4.01. The summed E-state index contributed by atoms with van der Waals surface area (Å²) in [6, 6.07) is -4.23. The van der Waals surface area contributed by atoms with Crippen LogP contribution in [0.2, 0.25) is 0 Å². The highest BCUT2D eigenvalue weighted by atomic mass is 16.4. The Morgan fingerprint density at radius 2 is 1.91 bits per heavy atom. The number of carboxylic acid groups (broad SMARTS) is 2. The first-order chi connectivity index (χ1) is 16.5. The van der Waals surface area contributed by atoms with Crippen molar-refractivity contribution in [3.05, 3.63) is 18.2 Å². The monoisotopic (exact) mass is 494 g/mol. The van der Waals surface area contributed by atoms with Gasteiger partial charge in [-0.3, -0.25) is 19.2 Å². The van der Waals surface area contributed by atoms with Crippen LogP contribution in [0, 0.1) is 5.92 Å². The first-order valence-electron chi connectivity index (χ1n) is 11.6. The third-order valence-corrected chi connectivity index (χ3v) is 5.76. The summed E-state index contributed by atoms with van der Waals surface area (Å²) in [6.45, 7) is 4.00. The lowest BCUT2D eigenvalue weighted by Crippen LogP contribution is -2.57. The Hall–Kier alpha value is -3.48. The summed E-state index contributed by atoms with van der Waals surface area (Å²) in [4.78, 5) is 69.4. The third kappa shape index (κ3) is 8.35. The fraction of sp³-hybridized carbons (Fsp3) is 0.636. The summed E-state index contributed by atoms with van der Waals surface area (Å²) in [7, 11) is 0. The molecule has 4 atom stereocenters. The van der Waals surface area contributed by atoms with Gasteiger partial charge in [0.2, 0.25) is 17.7 Å². The first-order valence-corrected chi connectivity index (χ1v) is 11.6. The number of amides is 3. The van der Waals surface area contributed by atoms with E-state index in [1.807, 2.05) is 13.8 Å². The van der Waals surface area contributed by atoms with E-state index in [-0.39, 0.29) is 31.7 Å². The van der Waals surface area contributed by atoms with E-state index in [4.69, 9.17) is 10.8 Å². The Kier molecular flexibility index (Phi) is 10.2. The van der Waals surface area contributed by atoms with E-state index in [2.05, 4.69) is 20.6 Å². The quantitative estimate of drug-likeness (QED) is 0.203. The van der Waals surface area contributed by atoms with Crippen LogP contribution in [0.4, 0.5) is 0 Å². The summed E-state index contributed by atoms with van der Waals surface area (Å²) in [5, 5.41) is 23.6. The number of imidazole rings is 1. The molecule has 7 N–H and O–H groups in total. The molecule has 1 aromatic heterocycles. The number of carbonyl (C=O) groups is 5. The zero-order chi connectivity index (χ0) is 26.1. The van der Waals surface area contributed by atoms with E-state index < -0.39 is 53.8 Å². The van der Waals surface area contributed by atoms with Crippen LogP contribution in [-0.2, 0) is 30.4 Å². The van der Waals surface area contributed by atoms with E-state index in [9.17, 15) is 29.1 Å². The number of likely N-dealkylation sites (tertiary alicyclic amines) is 1. The maximum atomic E-state index is 13.3. The van der Waals surface area contributed by atoms with E-state index in [1.54, 1.807) is 0 Å². The van der Waals surface area contributed by atoms with Crippen molar-refractivity contribution < 1.29 is 34.2 Å². The van der Waals surface area contributed by atoms with Crippen molar-refractivity contribution in [3.63, 3.8) is 0 Å². The molecular weight excluding hydrogens is 460 g/mol. The van der Waals surface area contributed by atoms with Gasteiger partial charge in [-0.1, -0.05) is 13.8 Å². The van der Waals surface area contributed by atoms with Crippen LogP contribution in [0.1, 0.15) is 51.6 Å². The summed E-state index contributed by atoms with van der Waals surface area (Å²) >= 11 is 0. The number of rotatable bonds is 13.